The molecule has 0 unspecified atom stereocenters. The molecule has 0 radical (unpaired) electrons. The van der Waals surface area contributed by atoms with Crippen molar-refractivity contribution in [2.24, 2.45) is 0 Å². The van der Waals surface area contributed by atoms with Gasteiger partial charge in [0.2, 0.25) is 11.9 Å². The van der Waals surface area contributed by atoms with Crippen LogP contribution in [0, 0.1) is 0 Å². The molecule has 2 heterocycles. The molecule has 2 aromatic carbocycles. The molecule has 1 aliphatic rings. The molecule has 7 heteroatoms. The van der Waals surface area contributed by atoms with Crippen LogP contribution in [-0.2, 0) is 6.42 Å². The van der Waals surface area contributed by atoms with Crippen molar-refractivity contribution in [3.8, 4) is 0 Å². The average Bonchev–Trinajstić information content (AvgIpc) is 3.03. The number of nitrogen functional groups attached to an aromatic ring is 1. The van der Waals surface area contributed by atoms with E-state index in [4.69, 9.17) is 28.9 Å². The zero-order valence-electron chi connectivity index (χ0n) is 14.3. The van der Waals surface area contributed by atoms with Gasteiger partial charge in [0, 0.05) is 0 Å². The molecule has 4 rings (SSSR count). The van der Waals surface area contributed by atoms with Gasteiger partial charge in [-0.3, -0.25) is 0 Å². The molecule has 3 N–H and O–H groups in total. The summed E-state index contributed by atoms with van der Waals surface area (Å²) in [7, 11) is 0. The summed E-state index contributed by atoms with van der Waals surface area (Å²) in [6.07, 6.45) is 1.82. The van der Waals surface area contributed by atoms with Crippen LogP contribution < -0.4 is 11.1 Å². The number of hydrogen-bond acceptors (Lipinski definition) is 4. The van der Waals surface area contributed by atoms with E-state index in [2.05, 4.69) is 46.6 Å². The Balaban J connectivity index is 1.73. The minimum Gasteiger partial charge on any atom is -0.366 e. The SMILES string of the molecule is CCc1ccc([C@@H]2C[C@@H](c3ccc(Cl)c(Cl)c3)Nc3nc(N)nn32)cc1. The first-order valence-electron chi connectivity index (χ1n) is 8.57. The van der Waals surface area contributed by atoms with Crippen LogP contribution in [0.2, 0.25) is 10.0 Å². The van der Waals surface area contributed by atoms with Crippen molar-refractivity contribution in [3.63, 3.8) is 0 Å². The second-order valence-corrected chi connectivity index (χ2v) is 7.27. The molecule has 0 saturated heterocycles. The van der Waals surface area contributed by atoms with Gasteiger partial charge in [-0.05, 0) is 41.7 Å². The maximum atomic E-state index is 6.21. The van der Waals surface area contributed by atoms with Crippen molar-refractivity contribution >= 4 is 35.1 Å². The smallest absolute Gasteiger partial charge is 0.241 e. The lowest BCUT2D eigenvalue weighted by Crippen LogP contribution is -2.28. The number of nitrogens with zero attached hydrogens (tertiary/aromatic N) is 3. The predicted octanol–water partition coefficient (Wildman–Crippen LogP) is 4.88. The number of fused-ring (bicyclic) bond motifs is 1. The first-order chi connectivity index (χ1) is 12.5. The number of rotatable bonds is 3. The number of benzene rings is 2. The summed E-state index contributed by atoms with van der Waals surface area (Å²) in [5.41, 5.74) is 9.40. The standard InChI is InChI=1S/C19H19Cl2N5/c1-2-11-3-5-12(6-4-11)17-10-16(13-7-8-14(20)15(21)9-13)23-19-24-18(22)25-26(17)19/h3-9,16-17H,2,10H2,1H3,(H3,22,23,24,25)/t16-,17-/m0/s1. The molecule has 3 aromatic rings. The van der Waals surface area contributed by atoms with E-state index in [0.717, 1.165) is 18.4 Å². The van der Waals surface area contributed by atoms with Crippen LogP contribution >= 0.6 is 23.2 Å². The second kappa shape index (κ2) is 6.82. The average molecular weight is 388 g/mol. The molecule has 0 aliphatic carbocycles. The molecule has 134 valence electrons. The van der Waals surface area contributed by atoms with E-state index in [9.17, 15) is 0 Å². The summed E-state index contributed by atoms with van der Waals surface area (Å²) in [6, 6.07) is 14.4. The molecule has 2 atom stereocenters. The van der Waals surface area contributed by atoms with Crippen LogP contribution in [0.5, 0.6) is 0 Å². The molecule has 0 bridgehead atoms. The highest BCUT2D eigenvalue weighted by Gasteiger charge is 2.31. The topological polar surface area (TPSA) is 68.8 Å². The quantitative estimate of drug-likeness (QED) is 0.671. The zero-order valence-corrected chi connectivity index (χ0v) is 15.8. The monoisotopic (exact) mass is 387 g/mol. The summed E-state index contributed by atoms with van der Waals surface area (Å²) in [6.45, 7) is 2.15. The Kier molecular flexibility index (Phi) is 4.51. The Hall–Kier alpha value is -2.24. The largest absolute Gasteiger partial charge is 0.366 e. The van der Waals surface area contributed by atoms with Gasteiger partial charge < -0.3 is 11.1 Å². The van der Waals surface area contributed by atoms with Gasteiger partial charge in [-0.15, -0.1) is 5.10 Å². The second-order valence-electron chi connectivity index (χ2n) is 6.46. The highest BCUT2D eigenvalue weighted by atomic mass is 35.5. The van der Waals surface area contributed by atoms with Crippen molar-refractivity contribution in [3.05, 3.63) is 69.2 Å². The number of nitrogens with one attached hydrogen (secondary N) is 1. The number of hydrogen-bond donors (Lipinski definition) is 2. The fraction of sp³-hybridized carbons (Fsp3) is 0.263. The molecule has 26 heavy (non-hydrogen) atoms. The fourth-order valence-corrected chi connectivity index (χ4v) is 3.70. The van der Waals surface area contributed by atoms with E-state index in [0.29, 0.717) is 16.0 Å². The van der Waals surface area contributed by atoms with Gasteiger partial charge in [0.05, 0.1) is 22.1 Å². The first kappa shape index (κ1) is 17.2. The lowest BCUT2D eigenvalue weighted by molar-refractivity contribution is 0.431. The summed E-state index contributed by atoms with van der Waals surface area (Å²) >= 11 is 12.3. The Morgan fingerprint density at radius 1 is 1.12 bits per heavy atom. The van der Waals surface area contributed by atoms with Crippen molar-refractivity contribution in [2.75, 3.05) is 11.1 Å². The van der Waals surface area contributed by atoms with Crippen LogP contribution in [0.4, 0.5) is 11.9 Å². The molecule has 0 amide bonds. The number of aryl methyl sites for hydroxylation is 1. The van der Waals surface area contributed by atoms with E-state index < -0.39 is 0 Å². The van der Waals surface area contributed by atoms with Gasteiger partial charge in [0.1, 0.15) is 0 Å². The summed E-state index contributed by atoms with van der Waals surface area (Å²) in [5.74, 6) is 0.923. The minimum absolute atomic E-state index is 0.0386. The van der Waals surface area contributed by atoms with Gasteiger partial charge in [-0.1, -0.05) is 60.5 Å². The number of nitrogens with two attached hydrogens (primary N) is 1. The van der Waals surface area contributed by atoms with Crippen LogP contribution in [0.3, 0.4) is 0 Å². The van der Waals surface area contributed by atoms with Crippen molar-refractivity contribution < 1.29 is 0 Å². The Labute approximate surface area is 162 Å². The van der Waals surface area contributed by atoms with Gasteiger partial charge in [0.25, 0.3) is 0 Å². The van der Waals surface area contributed by atoms with Gasteiger partial charge in [0.15, 0.2) is 0 Å². The van der Waals surface area contributed by atoms with Crippen LogP contribution in [0.25, 0.3) is 0 Å². The third-order valence-corrected chi connectivity index (χ3v) is 5.56. The number of anilines is 2. The van der Waals surface area contributed by atoms with Crippen molar-refractivity contribution in [1.82, 2.24) is 14.8 Å². The Morgan fingerprint density at radius 3 is 2.54 bits per heavy atom. The predicted molar refractivity (Wildman–Crippen MR) is 106 cm³/mol. The van der Waals surface area contributed by atoms with E-state index in [1.807, 2.05) is 22.9 Å². The third-order valence-electron chi connectivity index (χ3n) is 4.82. The van der Waals surface area contributed by atoms with Crippen molar-refractivity contribution in [1.29, 1.82) is 0 Å². The number of halogens is 2. The van der Waals surface area contributed by atoms with Crippen LogP contribution in [0.15, 0.2) is 42.5 Å². The molecule has 0 saturated carbocycles. The molecule has 0 fully saturated rings. The molecular formula is C19H19Cl2N5. The summed E-state index contributed by atoms with van der Waals surface area (Å²) in [4.78, 5) is 4.34. The summed E-state index contributed by atoms with van der Waals surface area (Å²) in [5, 5.41) is 8.89. The third kappa shape index (κ3) is 3.13. The van der Waals surface area contributed by atoms with Crippen LogP contribution in [-0.4, -0.2) is 14.8 Å². The maximum Gasteiger partial charge on any atom is 0.241 e. The first-order valence-corrected chi connectivity index (χ1v) is 9.33. The van der Waals surface area contributed by atoms with Gasteiger partial charge >= 0.3 is 0 Å². The van der Waals surface area contributed by atoms with E-state index in [1.54, 1.807) is 0 Å². The van der Waals surface area contributed by atoms with Gasteiger partial charge in [-0.25, -0.2) is 4.68 Å². The summed E-state index contributed by atoms with van der Waals surface area (Å²) < 4.78 is 1.87. The highest BCUT2D eigenvalue weighted by Crippen LogP contribution is 2.39. The van der Waals surface area contributed by atoms with E-state index in [-0.39, 0.29) is 18.0 Å². The Morgan fingerprint density at radius 2 is 1.85 bits per heavy atom. The van der Waals surface area contributed by atoms with Crippen LogP contribution in [0.1, 0.15) is 42.1 Å². The normalized spacial score (nSPS) is 19.0. The van der Waals surface area contributed by atoms with E-state index >= 15 is 0 Å². The molecule has 1 aromatic heterocycles. The minimum atomic E-state index is 0.0386. The highest BCUT2D eigenvalue weighted by molar-refractivity contribution is 6.42. The number of aromatic nitrogens is 3. The lowest BCUT2D eigenvalue weighted by atomic mass is 9.93. The Bertz CT molecular complexity index is 936. The van der Waals surface area contributed by atoms with E-state index in [1.165, 1.54) is 11.1 Å². The fourth-order valence-electron chi connectivity index (χ4n) is 3.39. The zero-order chi connectivity index (χ0) is 18.3. The molecule has 0 spiro atoms. The van der Waals surface area contributed by atoms with Crippen molar-refractivity contribution in [2.45, 2.75) is 31.8 Å². The maximum absolute atomic E-state index is 6.21. The van der Waals surface area contributed by atoms with Gasteiger partial charge in [-0.2, -0.15) is 4.98 Å². The molecule has 1 aliphatic heterocycles. The molecular weight excluding hydrogens is 369 g/mol. The molecule has 5 nitrogen and oxygen atoms in total. The lowest BCUT2D eigenvalue weighted by Gasteiger charge is -2.32.